The summed E-state index contributed by atoms with van der Waals surface area (Å²) in [5.41, 5.74) is 0. The highest BCUT2D eigenvalue weighted by Gasteiger charge is 2.21. The third-order valence-electron chi connectivity index (χ3n) is 1.29. The summed E-state index contributed by atoms with van der Waals surface area (Å²) in [6.07, 6.45) is 0.442. The molecule has 0 saturated carbocycles. The summed E-state index contributed by atoms with van der Waals surface area (Å²) in [5.74, 6) is 0. The molecule has 4 heteroatoms. The lowest BCUT2D eigenvalue weighted by Gasteiger charge is -2.15. The van der Waals surface area contributed by atoms with Crippen LogP contribution in [0.2, 0.25) is 0 Å². The van der Waals surface area contributed by atoms with E-state index in [-0.39, 0.29) is 12.2 Å². The van der Waals surface area contributed by atoms with Crippen LogP contribution in [0.1, 0.15) is 20.3 Å². The van der Waals surface area contributed by atoms with E-state index in [0.29, 0.717) is 13.2 Å². The third-order valence-corrected chi connectivity index (χ3v) is 1.29. The Morgan fingerprint density at radius 3 is 2.82 bits per heavy atom. The predicted molar refractivity (Wildman–Crippen MR) is 38.9 cm³/mol. The second-order valence-corrected chi connectivity index (χ2v) is 2.72. The fraction of sp³-hybridized carbons (Fsp3) is 0.857. The van der Waals surface area contributed by atoms with Crippen LogP contribution in [-0.4, -0.2) is 30.4 Å². The second kappa shape index (κ2) is 3.57. The molecule has 0 aromatic heterocycles. The Bertz CT molecular complexity index is 141. The summed E-state index contributed by atoms with van der Waals surface area (Å²) in [6.45, 7) is 4.89. The lowest BCUT2D eigenvalue weighted by molar-refractivity contribution is -0.0962. The number of hydrogen-bond acceptors (Lipinski definition) is 3. The number of rotatable bonds is 1. The van der Waals surface area contributed by atoms with Crippen molar-refractivity contribution in [3.05, 3.63) is 0 Å². The topological polar surface area (TPSA) is 38.8 Å². The molecule has 1 fully saturated rings. The molecule has 0 bridgehead atoms. The van der Waals surface area contributed by atoms with Gasteiger partial charge in [0.2, 0.25) is 0 Å². The van der Waals surface area contributed by atoms with Gasteiger partial charge in [0.1, 0.15) is 0 Å². The Hall–Kier alpha value is -0.770. The molecule has 4 nitrogen and oxygen atoms in total. The molecule has 0 aromatic rings. The van der Waals surface area contributed by atoms with E-state index in [2.05, 4.69) is 0 Å². The van der Waals surface area contributed by atoms with Gasteiger partial charge >= 0.3 is 6.09 Å². The fourth-order valence-electron chi connectivity index (χ4n) is 0.852. The first-order chi connectivity index (χ1) is 5.20. The minimum atomic E-state index is -0.377. The van der Waals surface area contributed by atoms with Crippen LogP contribution in [0.3, 0.4) is 0 Å². The molecule has 0 spiro atoms. The number of carbonyl (C=O) groups excluding carboxylic acids is 1. The quantitative estimate of drug-likeness (QED) is 0.576. The predicted octanol–water partition coefficient (Wildman–Crippen LogP) is 1.17. The smallest absolute Gasteiger partial charge is 0.434 e. The highest BCUT2D eigenvalue weighted by Crippen LogP contribution is 2.06. The van der Waals surface area contributed by atoms with Gasteiger partial charge in [0, 0.05) is 0 Å². The van der Waals surface area contributed by atoms with Crippen LogP contribution in [-0.2, 0) is 9.57 Å². The Kier molecular flexibility index (Phi) is 2.70. The van der Waals surface area contributed by atoms with Crippen molar-refractivity contribution in [1.29, 1.82) is 0 Å². The number of ether oxygens (including phenoxy) is 1. The van der Waals surface area contributed by atoms with Gasteiger partial charge in [0.15, 0.2) is 0 Å². The summed E-state index contributed by atoms with van der Waals surface area (Å²) in [7, 11) is 0. The zero-order valence-electron chi connectivity index (χ0n) is 6.87. The SMILES string of the molecule is CC(C)OC(=O)N1CCCO1. The Morgan fingerprint density at radius 1 is 1.64 bits per heavy atom. The Balaban J connectivity index is 2.28. The van der Waals surface area contributed by atoms with Crippen LogP contribution >= 0.6 is 0 Å². The minimum Gasteiger partial charge on any atom is -0.445 e. The monoisotopic (exact) mass is 159 g/mol. The maximum atomic E-state index is 11.0. The van der Waals surface area contributed by atoms with Crippen molar-refractivity contribution in [3.63, 3.8) is 0 Å². The molecule has 1 amide bonds. The first-order valence-electron chi connectivity index (χ1n) is 3.81. The molecule has 1 aliphatic rings. The maximum Gasteiger partial charge on any atom is 0.434 e. The van der Waals surface area contributed by atoms with E-state index in [9.17, 15) is 4.79 Å². The molecule has 0 unspecified atom stereocenters. The van der Waals surface area contributed by atoms with E-state index in [1.165, 1.54) is 5.06 Å². The summed E-state index contributed by atoms with van der Waals surface area (Å²) >= 11 is 0. The minimum absolute atomic E-state index is 0.0771. The molecule has 0 aromatic carbocycles. The van der Waals surface area contributed by atoms with Crippen LogP contribution in [0.25, 0.3) is 0 Å². The van der Waals surface area contributed by atoms with Gasteiger partial charge in [-0.3, -0.25) is 4.84 Å². The van der Waals surface area contributed by atoms with Gasteiger partial charge in [-0.1, -0.05) is 0 Å². The van der Waals surface area contributed by atoms with E-state index < -0.39 is 0 Å². The molecule has 0 atom stereocenters. The molecular weight excluding hydrogens is 146 g/mol. The van der Waals surface area contributed by atoms with Crippen LogP contribution in [0, 0.1) is 0 Å². The van der Waals surface area contributed by atoms with Crippen molar-refractivity contribution in [3.8, 4) is 0 Å². The molecule has 0 N–H and O–H groups in total. The van der Waals surface area contributed by atoms with Crippen molar-refractivity contribution in [1.82, 2.24) is 5.06 Å². The molecule has 0 aliphatic carbocycles. The number of nitrogens with zero attached hydrogens (tertiary/aromatic N) is 1. The van der Waals surface area contributed by atoms with Gasteiger partial charge in [0.25, 0.3) is 0 Å². The van der Waals surface area contributed by atoms with Crippen LogP contribution in [0.5, 0.6) is 0 Å². The molecule has 1 saturated heterocycles. The van der Waals surface area contributed by atoms with Crippen LogP contribution < -0.4 is 0 Å². The van der Waals surface area contributed by atoms with Gasteiger partial charge < -0.3 is 4.74 Å². The van der Waals surface area contributed by atoms with Gasteiger partial charge in [-0.05, 0) is 20.3 Å². The first kappa shape index (κ1) is 8.33. The average Bonchev–Trinajstić information content (AvgIpc) is 2.35. The number of carbonyl (C=O) groups is 1. The highest BCUT2D eigenvalue weighted by atomic mass is 16.7. The number of hydroxylamine groups is 2. The first-order valence-corrected chi connectivity index (χ1v) is 3.81. The van der Waals surface area contributed by atoms with Crippen molar-refractivity contribution in [2.45, 2.75) is 26.4 Å². The average molecular weight is 159 g/mol. The molecule has 0 radical (unpaired) electrons. The molecule has 1 rings (SSSR count). The summed E-state index contributed by atoms with van der Waals surface area (Å²) in [5, 5.41) is 1.26. The van der Waals surface area contributed by atoms with Crippen molar-refractivity contribution in [2.75, 3.05) is 13.2 Å². The number of hydrogen-bond donors (Lipinski definition) is 0. The zero-order chi connectivity index (χ0) is 8.27. The standard InChI is InChI=1S/C7H13NO3/c1-6(2)11-7(9)8-4-3-5-10-8/h6H,3-5H2,1-2H3. The summed E-state index contributed by atoms with van der Waals surface area (Å²) in [4.78, 5) is 16.0. The Morgan fingerprint density at radius 2 is 2.36 bits per heavy atom. The second-order valence-electron chi connectivity index (χ2n) is 2.72. The maximum absolute atomic E-state index is 11.0. The Labute approximate surface area is 66.0 Å². The van der Waals surface area contributed by atoms with Crippen molar-refractivity contribution >= 4 is 6.09 Å². The van der Waals surface area contributed by atoms with Crippen LogP contribution in [0.4, 0.5) is 4.79 Å². The molecule has 11 heavy (non-hydrogen) atoms. The normalized spacial score (nSPS) is 17.5. The third kappa shape index (κ3) is 2.38. The summed E-state index contributed by atoms with van der Waals surface area (Å²) in [6, 6.07) is 0. The van der Waals surface area contributed by atoms with E-state index in [4.69, 9.17) is 9.57 Å². The van der Waals surface area contributed by atoms with E-state index in [1.807, 2.05) is 13.8 Å². The van der Waals surface area contributed by atoms with Gasteiger partial charge in [-0.25, -0.2) is 4.79 Å². The largest absolute Gasteiger partial charge is 0.445 e. The molecule has 1 heterocycles. The molecular formula is C7H13NO3. The van der Waals surface area contributed by atoms with Crippen molar-refractivity contribution in [2.24, 2.45) is 0 Å². The lowest BCUT2D eigenvalue weighted by Crippen LogP contribution is -2.29. The van der Waals surface area contributed by atoms with Gasteiger partial charge in [-0.15, -0.1) is 0 Å². The summed E-state index contributed by atoms with van der Waals surface area (Å²) < 4.78 is 4.90. The lowest BCUT2D eigenvalue weighted by atomic mass is 10.5. The van der Waals surface area contributed by atoms with Gasteiger partial charge in [-0.2, -0.15) is 5.06 Å². The zero-order valence-corrected chi connectivity index (χ0v) is 6.87. The fourth-order valence-corrected chi connectivity index (χ4v) is 0.852. The van der Waals surface area contributed by atoms with E-state index in [0.717, 1.165) is 6.42 Å². The molecule has 1 aliphatic heterocycles. The van der Waals surface area contributed by atoms with E-state index >= 15 is 0 Å². The van der Waals surface area contributed by atoms with Gasteiger partial charge in [0.05, 0.1) is 19.3 Å². The van der Waals surface area contributed by atoms with Crippen molar-refractivity contribution < 1.29 is 14.4 Å². The van der Waals surface area contributed by atoms with Crippen LogP contribution in [0.15, 0.2) is 0 Å². The number of amides is 1. The highest BCUT2D eigenvalue weighted by molar-refractivity contribution is 5.66. The van der Waals surface area contributed by atoms with E-state index in [1.54, 1.807) is 0 Å². The molecule has 64 valence electrons.